The van der Waals surface area contributed by atoms with Crippen LogP contribution < -0.4 is 11.1 Å². The van der Waals surface area contributed by atoms with Crippen LogP contribution in [-0.4, -0.2) is 18.6 Å². The summed E-state index contributed by atoms with van der Waals surface area (Å²) in [5, 5.41) is 3.44. The molecule has 0 amide bonds. The maximum atomic E-state index is 6.18. The summed E-state index contributed by atoms with van der Waals surface area (Å²) < 4.78 is 0. The molecule has 0 heterocycles. The van der Waals surface area contributed by atoms with Crippen LogP contribution in [0.15, 0.2) is 0 Å². The lowest BCUT2D eigenvalue weighted by Crippen LogP contribution is -2.47. The van der Waals surface area contributed by atoms with E-state index in [1.54, 1.807) is 0 Å². The molecule has 3 N–H and O–H groups in total. The number of rotatable bonds is 4. The quantitative estimate of drug-likeness (QED) is 0.671. The van der Waals surface area contributed by atoms with Crippen molar-refractivity contribution in [3.63, 3.8) is 0 Å². The Labute approximate surface area is 75.9 Å². The SMILES string of the molecule is CC(C)CNCC1(N)CCCC1. The number of hydrogen-bond donors (Lipinski definition) is 2. The van der Waals surface area contributed by atoms with Crippen LogP contribution >= 0.6 is 0 Å². The third kappa shape index (κ3) is 3.11. The van der Waals surface area contributed by atoms with Gasteiger partial charge in [0.15, 0.2) is 0 Å². The van der Waals surface area contributed by atoms with E-state index in [1.165, 1.54) is 25.7 Å². The monoisotopic (exact) mass is 170 g/mol. The van der Waals surface area contributed by atoms with Crippen molar-refractivity contribution in [1.82, 2.24) is 5.32 Å². The molecule has 0 saturated heterocycles. The molecule has 0 aromatic carbocycles. The molecule has 1 aliphatic rings. The largest absolute Gasteiger partial charge is 0.324 e. The molecule has 0 aromatic heterocycles. The van der Waals surface area contributed by atoms with E-state index in [9.17, 15) is 0 Å². The third-order valence-electron chi connectivity index (χ3n) is 2.63. The van der Waals surface area contributed by atoms with Gasteiger partial charge < -0.3 is 11.1 Å². The van der Waals surface area contributed by atoms with Gasteiger partial charge in [-0.25, -0.2) is 0 Å². The fourth-order valence-electron chi connectivity index (χ4n) is 1.87. The highest BCUT2D eigenvalue weighted by molar-refractivity contribution is 4.91. The van der Waals surface area contributed by atoms with Crippen LogP contribution in [0.25, 0.3) is 0 Å². The second kappa shape index (κ2) is 4.24. The summed E-state index contributed by atoms with van der Waals surface area (Å²) in [4.78, 5) is 0. The normalized spacial score (nSPS) is 22.0. The standard InChI is InChI=1S/C10H22N2/c1-9(2)7-12-8-10(11)5-3-4-6-10/h9,12H,3-8,11H2,1-2H3. The van der Waals surface area contributed by atoms with Gasteiger partial charge in [-0.15, -0.1) is 0 Å². The molecule has 1 aliphatic carbocycles. The molecule has 12 heavy (non-hydrogen) atoms. The number of hydrogen-bond acceptors (Lipinski definition) is 2. The number of nitrogens with two attached hydrogens (primary N) is 1. The summed E-state index contributed by atoms with van der Waals surface area (Å²) >= 11 is 0. The summed E-state index contributed by atoms with van der Waals surface area (Å²) in [6, 6.07) is 0. The first kappa shape index (κ1) is 10.0. The summed E-state index contributed by atoms with van der Waals surface area (Å²) in [6.07, 6.45) is 5.05. The Kier molecular flexibility index (Phi) is 3.53. The van der Waals surface area contributed by atoms with E-state index in [-0.39, 0.29) is 5.54 Å². The van der Waals surface area contributed by atoms with Gasteiger partial charge >= 0.3 is 0 Å². The highest BCUT2D eigenvalue weighted by Gasteiger charge is 2.28. The average molecular weight is 170 g/mol. The van der Waals surface area contributed by atoms with Gasteiger partial charge in [0.2, 0.25) is 0 Å². The lowest BCUT2D eigenvalue weighted by molar-refractivity contribution is 0.391. The zero-order valence-electron chi connectivity index (χ0n) is 8.40. The van der Waals surface area contributed by atoms with Crippen molar-refractivity contribution < 1.29 is 0 Å². The maximum absolute atomic E-state index is 6.18. The maximum Gasteiger partial charge on any atom is 0.0280 e. The first-order valence-corrected chi connectivity index (χ1v) is 5.12. The molecule has 0 aliphatic heterocycles. The van der Waals surface area contributed by atoms with E-state index in [0.717, 1.165) is 19.0 Å². The van der Waals surface area contributed by atoms with E-state index in [4.69, 9.17) is 5.73 Å². The predicted octanol–water partition coefficient (Wildman–Crippen LogP) is 1.50. The molecule has 0 atom stereocenters. The molecule has 2 nitrogen and oxygen atoms in total. The van der Waals surface area contributed by atoms with E-state index in [0.29, 0.717) is 0 Å². The highest BCUT2D eigenvalue weighted by Crippen LogP contribution is 2.26. The van der Waals surface area contributed by atoms with Crippen molar-refractivity contribution in [3.8, 4) is 0 Å². The van der Waals surface area contributed by atoms with Gasteiger partial charge in [0.25, 0.3) is 0 Å². The van der Waals surface area contributed by atoms with Crippen molar-refractivity contribution in [2.24, 2.45) is 11.7 Å². The number of nitrogens with one attached hydrogen (secondary N) is 1. The predicted molar refractivity (Wildman–Crippen MR) is 53.1 cm³/mol. The van der Waals surface area contributed by atoms with Gasteiger partial charge in [-0.1, -0.05) is 26.7 Å². The highest BCUT2D eigenvalue weighted by atomic mass is 14.9. The van der Waals surface area contributed by atoms with Crippen molar-refractivity contribution in [2.45, 2.75) is 45.1 Å². The van der Waals surface area contributed by atoms with Gasteiger partial charge in [0.05, 0.1) is 0 Å². The van der Waals surface area contributed by atoms with Crippen LogP contribution in [-0.2, 0) is 0 Å². The van der Waals surface area contributed by atoms with Gasteiger partial charge in [0, 0.05) is 12.1 Å². The molecular weight excluding hydrogens is 148 g/mol. The molecule has 1 fully saturated rings. The molecule has 0 bridgehead atoms. The second-order valence-electron chi connectivity index (χ2n) is 4.59. The average Bonchev–Trinajstić information content (AvgIpc) is 2.35. The molecule has 1 rings (SSSR count). The minimum Gasteiger partial charge on any atom is -0.324 e. The Balaban J connectivity index is 2.13. The molecule has 0 unspecified atom stereocenters. The van der Waals surface area contributed by atoms with E-state index in [2.05, 4.69) is 19.2 Å². The van der Waals surface area contributed by atoms with Crippen LogP contribution in [0, 0.1) is 5.92 Å². The molecule has 0 radical (unpaired) electrons. The minimum absolute atomic E-state index is 0.120. The molecule has 72 valence electrons. The van der Waals surface area contributed by atoms with E-state index < -0.39 is 0 Å². The Morgan fingerprint density at radius 1 is 1.33 bits per heavy atom. The van der Waals surface area contributed by atoms with E-state index >= 15 is 0 Å². The minimum atomic E-state index is 0.120. The zero-order chi connectivity index (χ0) is 9.03. The lowest BCUT2D eigenvalue weighted by Gasteiger charge is -2.24. The molecule has 0 aromatic rings. The van der Waals surface area contributed by atoms with Crippen LogP contribution in [0.5, 0.6) is 0 Å². The third-order valence-corrected chi connectivity index (χ3v) is 2.63. The molecule has 1 saturated carbocycles. The lowest BCUT2D eigenvalue weighted by atomic mass is 9.99. The van der Waals surface area contributed by atoms with Crippen molar-refractivity contribution in [3.05, 3.63) is 0 Å². The Morgan fingerprint density at radius 3 is 2.42 bits per heavy atom. The topological polar surface area (TPSA) is 38.0 Å². The van der Waals surface area contributed by atoms with Crippen molar-refractivity contribution >= 4 is 0 Å². The van der Waals surface area contributed by atoms with Crippen LogP contribution in [0.4, 0.5) is 0 Å². The van der Waals surface area contributed by atoms with Gasteiger partial charge in [0.1, 0.15) is 0 Å². The van der Waals surface area contributed by atoms with Gasteiger partial charge in [-0.3, -0.25) is 0 Å². The molecule has 2 heteroatoms. The fourth-order valence-corrected chi connectivity index (χ4v) is 1.87. The smallest absolute Gasteiger partial charge is 0.0280 e. The Morgan fingerprint density at radius 2 is 1.92 bits per heavy atom. The zero-order valence-corrected chi connectivity index (χ0v) is 8.40. The first-order chi connectivity index (χ1) is 5.62. The van der Waals surface area contributed by atoms with Crippen LogP contribution in [0.3, 0.4) is 0 Å². The first-order valence-electron chi connectivity index (χ1n) is 5.12. The summed E-state index contributed by atoms with van der Waals surface area (Å²) in [7, 11) is 0. The summed E-state index contributed by atoms with van der Waals surface area (Å²) in [6.45, 7) is 6.56. The summed E-state index contributed by atoms with van der Waals surface area (Å²) in [5.41, 5.74) is 6.30. The van der Waals surface area contributed by atoms with E-state index in [1.807, 2.05) is 0 Å². The van der Waals surface area contributed by atoms with Crippen LogP contribution in [0.2, 0.25) is 0 Å². The van der Waals surface area contributed by atoms with Gasteiger partial charge in [-0.05, 0) is 25.3 Å². The van der Waals surface area contributed by atoms with Crippen LogP contribution in [0.1, 0.15) is 39.5 Å². The van der Waals surface area contributed by atoms with Gasteiger partial charge in [-0.2, -0.15) is 0 Å². The van der Waals surface area contributed by atoms with Crippen molar-refractivity contribution in [2.75, 3.05) is 13.1 Å². The molecule has 0 spiro atoms. The molecular formula is C10H22N2. The summed E-state index contributed by atoms with van der Waals surface area (Å²) in [5.74, 6) is 0.731. The second-order valence-corrected chi connectivity index (χ2v) is 4.59. The van der Waals surface area contributed by atoms with Crippen molar-refractivity contribution in [1.29, 1.82) is 0 Å². The fraction of sp³-hybridized carbons (Fsp3) is 1.00. The Bertz CT molecular complexity index is 126. The Hall–Kier alpha value is -0.0800.